The fourth-order valence-corrected chi connectivity index (χ4v) is 10.3. The summed E-state index contributed by atoms with van der Waals surface area (Å²) in [4.78, 5) is 83.3. The molecule has 1 saturated heterocycles. The molecular weight excluding hydrogens is 787 g/mol. The van der Waals surface area contributed by atoms with Crippen LogP contribution in [-0.2, 0) is 42.9 Å². The molecule has 14 heteroatoms. The van der Waals surface area contributed by atoms with E-state index in [2.05, 4.69) is 5.32 Å². The van der Waals surface area contributed by atoms with Crippen molar-refractivity contribution in [1.82, 2.24) is 5.32 Å². The zero-order chi connectivity index (χ0) is 44.0. The van der Waals surface area contributed by atoms with Crippen molar-refractivity contribution < 1.29 is 62.7 Å². The van der Waals surface area contributed by atoms with Gasteiger partial charge in [-0.25, -0.2) is 9.59 Å². The van der Waals surface area contributed by atoms with E-state index in [4.69, 9.17) is 23.7 Å². The number of ketones is 1. The number of benzene rings is 3. The fraction of sp³-hybridized carbons (Fsp3) is 0.447. The SMILES string of the molecule is CC(=O)O[C@H]1C(=O)[C@@]2(C)C([C@H](OC(=O)c3ccccc3)C3C[C@H](OC(=O)[C@H](O)[C@@H](NC(=O)c4ccccc4)c4ccccc4)C(C)=C1C3(C)C)[C@]1(OC(C)=O)COC1C[C@@H]2O. The molecule has 14 nitrogen and oxygen atoms in total. The Morgan fingerprint density at radius 1 is 0.803 bits per heavy atom. The second-order valence-electron chi connectivity index (χ2n) is 17.2. The lowest BCUT2D eigenvalue weighted by atomic mass is 9.46. The minimum absolute atomic E-state index is 0.0642. The molecule has 4 aliphatic rings. The Morgan fingerprint density at radius 3 is 1.95 bits per heavy atom. The average Bonchev–Trinajstić information content (AvgIpc) is 3.23. The molecule has 1 aliphatic heterocycles. The van der Waals surface area contributed by atoms with E-state index in [-0.39, 0.29) is 30.6 Å². The molecule has 3 fully saturated rings. The predicted molar refractivity (Wildman–Crippen MR) is 216 cm³/mol. The number of amides is 1. The van der Waals surface area contributed by atoms with Crippen molar-refractivity contribution in [1.29, 1.82) is 0 Å². The van der Waals surface area contributed by atoms with Gasteiger partial charge >= 0.3 is 23.9 Å². The number of aliphatic hydroxyl groups excluding tert-OH is 2. The van der Waals surface area contributed by atoms with Crippen LogP contribution in [0.25, 0.3) is 0 Å². The Balaban J connectivity index is 1.36. The molecule has 11 atom stereocenters. The van der Waals surface area contributed by atoms with Crippen LogP contribution < -0.4 is 5.32 Å². The first-order chi connectivity index (χ1) is 28.9. The van der Waals surface area contributed by atoms with E-state index in [0.717, 1.165) is 6.92 Å². The van der Waals surface area contributed by atoms with Gasteiger partial charge in [0.25, 0.3) is 5.91 Å². The summed E-state index contributed by atoms with van der Waals surface area (Å²) in [7, 11) is 0. The molecule has 2 bridgehead atoms. The van der Waals surface area contributed by atoms with Crippen LogP contribution >= 0.6 is 0 Å². The minimum atomic E-state index is -1.94. The van der Waals surface area contributed by atoms with Crippen LogP contribution in [-0.4, -0.2) is 94.6 Å². The summed E-state index contributed by atoms with van der Waals surface area (Å²) in [6.07, 6.45) is -8.64. The monoisotopic (exact) mass is 837 g/mol. The lowest BCUT2D eigenvalue weighted by molar-refractivity contribution is -0.335. The van der Waals surface area contributed by atoms with Gasteiger partial charge in [-0.2, -0.15) is 0 Å². The first kappa shape index (κ1) is 43.4. The molecule has 2 saturated carbocycles. The Kier molecular flexibility index (Phi) is 11.8. The van der Waals surface area contributed by atoms with Crippen LogP contribution in [0.5, 0.6) is 0 Å². The summed E-state index contributed by atoms with van der Waals surface area (Å²) in [6, 6.07) is 23.6. The number of hydrogen-bond acceptors (Lipinski definition) is 13. The average molecular weight is 838 g/mol. The number of aliphatic hydroxyl groups is 2. The van der Waals surface area contributed by atoms with Crippen LogP contribution in [0.1, 0.15) is 86.7 Å². The number of fused-ring (bicyclic) bond motifs is 5. The van der Waals surface area contributed by atoms with E-state index in [1.807, 2.05) is 0 Å². The van der Waals surface area contributed by atoms with Gasteiger partial charge in [0.15, 0.2) is 23.6 Å². The summed E-state index contributed by atoms with van der Waals surface area (Å²) >= 11 is 0. The Bertz CT molecular complexity index is 2230. The number of carbonyl (C=O) groups is 6. The Hall–Kier alpha value is -5.70. The van der Waals surface area contributed by atoms with E-state index >= 15 is 4.79 Å². The highest BCUT2D eigenvalue weighted by molar-refractivity contribution is 5.96. The van der Waals surface area contributed by atoms with Gasteiger partial charge in [-0.05, 0) is 66.7 Å². The number of ether oxygens (including phenoxy) is 5. The van der Waals surface area contributed by atoms with Crippen molar-refractivity contribution >= 4 is 35.6 Å². The maximum Gasteiger partial charge on any atom is 0.338 e. The maximum absolute atomic E-state index is 15.5. The van der Waals surface area contributed by atoms with Crippen LogP contribution in [0.3, 0.4) is 0 Å². The number of Topliss-reactive ketones (excluding diaryl/α,β-unsaturated/α-hetero) is 1. The molecule has 7 rings (SSSR count). The first-order valence-corrected chi connectivity index (χ1v) is 20.4. The van der Waals surface area contributed by atoms with Gasteiger partial charge in [-0.1, -0.05) is 80.6 Å². The molecule has 1 amide bonds. The molecule has 1 heterocycles. The van der Waals surface area contributed by atoms with Gasteiger partial charge in [0.1, 0.15) is 18.3 Å². The van der Waals surface area contributed by atoms with Crippen LogP contribution in [0.15, 0.2) is 102 Å². The second kappa shape index (κ2) is 16.6. The molecular formula is C47H51NO13. The zero-order valence-electron chi connectivity index (χ0n) is 34.9. The standard InChI is InChI=1S/C47H51NO13/c1-25-32(59-44(56)37(52)36(28-16-10-7-11-17-28)48-42(54)29-18-12-8-13-19-29)22-31-38(60-43(55)30-20-14-9-15-21-30)40-46(6,33(51)23-34-47(40,24-57-34)61-27(3)50)41(53)39(58-26(2)49)35(25)45(31,4)5/h7-21,31-34,36-40,51-52H,22-24H2,1-6H3,(H,48,54)/t31?,32-,33-,34?,36-,37+,38+,39+,40?,46+,47-/m0/s1. The number of rotatable bonds is 10. The zero-order valence-corrected chi connectivity index (χ0v) is 34.9. The number of hydrogen-bond donors (Lipinski definition) is 3. The molecule has 322 valence electrons. The topological polar surface area (TPSA) is 201 Å². The summed E-state index contributed by atoms with van der Waals surface area (Å²) in [5.41, 5.74) is -3.12. The summed E-state index contributed by atoms with van der Waals surface area (Å²) in [5.74, 6) is -6.83. The third-order valence-electron chi connectivity index (χ3n) is 13.3. The van der Waals surface area contributed by atoms with Gasteiger partial charge in [0, 0.05) is 31.7 Å². The van der Waals surface area contributed by atoms with E-state index in [0.29, 0.717) is 16.7 Å². The lowest BCUT2D eigenvalue weighted by Gasteiger charge is -2.66. The van der Waals surface area contributed by atoms with Gasteiger partial charge in [-0.15, -0.1) is 0 Å². The van der Waals surface area contributed by atoms with Crippen LogP contribution in [0.2, 0.25) is 0 Å². The van der Waals surface area contributed by atoms with Crippen molar-refractivity contribution in [3.05, 3.63) is 119 Å². The van der Waals surface area contributed by atoms with E-state index in [1.165, 1.54) is 13.8 Å². The number of carbonyl (C=O) groups excluding carboxylic acids is 6. The Morgan fingerprint density at radius 2 is 1.39 bits per heavy atom. The smallest absolute Gasteiger partial charge is 0.338 e. The first-order valence-electron chi connectivity index (χ1n) is 20.4. The lowest BCUT2D eigenvalue weighted by Crippen LogP contribution is -2.79. The van der Waals surface area contributed by atoms with Gasteiger partial charge < -0.3 is 39.2 Å². The van der Waals surface area contributed by atoms with Gasteiger partial charge in [-0.3, -0.25) is 19.2 Å². The summed E-state index contributed by atoms with van der Waals surface area (Å²) in [5, 5.41) is 26.6. The van der Waals surface area contributed by atoms with Crippen molar-refractivity contribution in [2.24, 2.45) is 22.7 Å². The molecule has 3 unspecified atom stereocenters. The van der Waals surface area contributed by atoms with Gasteiger partial charge in [0.2, 0.25) is 0 Å². The normalized spacial score (nSPS) is 31.0. The largest absolute Gasteiger partial charge is 0.458 e. The molecule has 3 aromatic rings. The number of nitrogens with one attached hydrogen (secondary N) is 1. The highest BCUT2D eigenvalue weighted by Gasteiger charge is 2.75. The van der Waals surface area contributed by atoms with Crippen molar-refractivity contribution in [2.45, 2.75) is 103 Å². The Labute approximate surface area is 353 Å². The molecule has 61 heavy (non-hydrogen) atoms. The van der Waals surface area contributed by atoms with Crippen LogP contribution in [0, 0.1) is 22.7 Å². The highest BCUT2D eigenvalue weighted by Crippen LogP contribution is 2.63. The van der Waals surface area contributed by atoms with E-state index < -0.39 is 107 Å². The highest BCUT2D eigenvalue weighted by atomic mass is 16.6. The maximum atomic E-state index is 15.5. The molecule has 0 aromatic heterocycles. The van der Waals surface area contributed by atoms with Crippen molar-refractivity contribution in [3.8, 4) is 0 Å². The van der Waals surface area contributed by atoms with Crippen LogP contribution in [0.4, 0.5) is 0 Å². The van der Waals surface area contributed by atoms with E-state index in [1.54, 1.807) is 112 Å². The molecule has 3 N–H and O–H groups in total. The van der Waals surface area contributed by atoms with Gasteiger partial charge in [0.05, 0.1) is 35.6 Å². The second-order valence-corrected chi connectivity index (χ2v) is 17.2. The fourth-order valence-electron chi connectivity index (χ4n) is 10.3. The summed E-state index contributed by atoms with van der Waals surface area (Å²) < 4.78 is 30.7. The molecule has 0 spiro atoms. The predicted octanol–water partition coefficient (Wildman–Crippen LogP) is 4.62. The third-order valence-corrected chi connectivity index (χ3v) is 13.3. The molecule has 0 radical (unpaired) electrons. The van der Waals surface area contributed by atoms with Crippen molar-refractivity contribution in [3.63, 3.8) is 0 Å². The van der Waals surface area contributed by atoms with Crippen molar-refractivity contribution in [2.75, 3.05) is 6.61 Å². The summed E-state index contributed by atoms with van der Waals surface area (Å²) in [6.45, 7) is 8.91. The minimum Gasteiger partial charge on any atom is -0.458 e. The number of esters is 4. The molecule has 3 aliphatic carbocycles. The quantitative estimate of drug-likeness (QED) is 0.145. The third kappa shape index (κ3) is 7.65. The van der Waals surface area contributed by atoms with E-state index in [9.17, 15) is 34.2 Å². The molecule has 3 aromatic carbocycles.